The fourth-order valence-electron chi connectivity index (χ4n) is 4.72. The Hall–Kier alpha value is -3.83. The van der Waals surface area contributed by atoms with Crippen LogP contribution in [0.3, 0.4) is 0 Å². The molecule has 1 aromatic heterocycles. The van der Waals surface area contributed by atoms with Gasteiger partial charge in [-0.1, -0.05) is 5.16 Å². The number of carbonyl (C=O) groups excluding carboxylic acids is 2. The molecular formula is C31H29N7Na2O14S4. The second-order valence-corrected chi connectivity index (χ2v) is 17.6. The standard InChI is InChI=1S/C18H16N4O10S3.C13H15N3O4S.2Na/c1-9(23)20-14-8-13-10(6-15(14)34(27,28)29)7-16(35(30,31)32)17(18(13)24)22-21-11-2-4-12(5-3-11)33(19,25)26;1-8-9(2)15-20-13(8)16(10(3)17)21(18,19)12-6-4-11(14)5-7-12;;/h2-8,24H,1H3,(H,20,23)(H2,19,25,26)(H,27,28,29)(H,30,31,32);4-7H,14H2,1-3H3;;/q;;2*+1/p-2/b22-21+;;;. The molecular weight excluding hydrogens is 869 g/mol. The van der Waals surface area contributed by atoms with Gasteiger partial charge in [-0.15, -0.1) is 5.11 Å². The molecule has 2 amide bonds. The molecule has 21 nitrogen and oxygen atoms in total. The van der Waals surface area contributed by atoms with Gasteiger partial charge in [0.1, 0.15) is 25.9 Å². The average Bonchev–Trinajstić information content (AvgIpc) is 3.39. The van der Waals surface area contributed by atoms with Gasteiger partial charge in [-0.3, -0.25) is 9.59 Å². The van der Waals surface area contributed by atoms with Crippen LogP contribution < -0.4 is 79.6 Å². The van der Waals surface area contributed by atoms with E-state index in [4.69, 9.17) is 15.4 Å². The van der Waals surface area contributed by atoms with Crippen LogP contribution in [0, 0.1) is 13.8 Å². The summed E-state index contributed by atoms with van der Waals surface area (Å²) in [4.78, 5) is 20.9. The number of phenols is 1. The van der Waals surface area contributed by atoms with Gasteiger partial charge < -0.3 is 29.8 Å². The van der Waals surface area contributed by atoms with E-state index < -0.39 is 79.0 Å². The SMILES string of the molecule is CC(=O)N(c1onc(C)c1C)S(=O)(=O)c1ccc(N)cc1.CC(=O)Nc1cc2c(O)c(/N=N/c3ccc(S(N)(=O)=O)cc3)c(S(=O)(=O)[O-])cc2cc1S(=O)(=O)[O-].[Na+].[Na+]. The summed E-state index contributed by atoms with van der Waals surface area (Å²) < 4.78 is 124. The van der Waals surface area contributed by atoms with E-state index in [2.05, 4.69) is 20.7 Å². The molecule has 58 heavy (non-hydrogen) atoms. The van der Waals surface area contributed by atoms with Gasteiger partial charge in [-0.2, -0.15) is 9.42 Å². The number of nitrogens with one attached hydrogen (secondary N) is 1. The number of nitrogen functional groups attached to an aromatic ring is 1. The molecule has 5 aromatic rings. The van der Waals surface area contributed by atoms with Crippen molar-refractivity contribution in [2.24, 2.45) is 15.4 Å². The second kappa shape index (κ2) is 19.0. The van der Waals surface area contributed by atoms with Gasteiger partial charge in [-0.05, 0) is 86.0 Å². The Bertz CT molecular complexity index is 2870. The molecule has 5 rings (SSSR count). The zero-order valence-corrected chi connectivity index (χ0v) is 38.4. The van der Waals surface area contributed by atoms with E-state index in [-0.39, 0.29) is 91.2 Å². The number of aryl methyl sites for hydroxylation is 1. The molecule has 0 bridgehead atoms. The zero-order chi connectivity index (χ0) is 42.1. The number of aromatic hydroxyl groups is 1. The molecule has 27 heteroatoms. The van der Waals surface area contributed by atoms with Crippen molar-refractivity contribution >= 4 is 91.5 Å². The number of anilines is 3. The quantitative estimate of drug-likeness (QED) is 0.0496. The predicted molar refractivity (Wildman–Crippen MR) is 195 cm³/mol. The van der Waals surface area contributed by atoms with E-state index in [1.54, 1.807) is 13.8 Å². The fraction of sp³-hybridized carbons (Fsp3) is 0.129. The fourth-order valence-corrected chi connectivity index (χ4v) is 7.95. The van der Waals surface area contributed by atoms with Crippen LogP contribution in [0.2, 0.25) is 0 Å². The minimum atomic E-state index is -5.31. The number of hydrogen-bond acceptors (Lipinski definition) is 18. The number of phenolic OH excluding ortho intramolecular Hbond substituents is 1. The summed E-state index contributed by atoms with van der Waals surface area (Å²) in [6.45, 7) is 5.47. The van der Waals surface area contributed by atoms with Gasteiger partial charge in [0, 0.05) is 30.5 Å². The molecule has 298 valence electrons. The number of nitrogens with zero attached hydrogens (tertiary/aromatic N) is 4. The number of rotatable bonds is 9. The van der Waals surface area contributed by atoms with Crippen molar-refractivity contribution < 1.29 is 121 Å². The maximum Gasteiger partial charge on any atom is 1.00 e. The first-order valence-corrected chi connectivity index (χ1v) is 21.0. The smallest absolute Gasteiger partial charge is 0.744 e. The summed E-state index contributed by atoms with van der Waals surface area (Å²) in [5.41, 5.74) is 5.63. The summed E-state index contributed by atoms with van der Waals surface area (Å²) >= 11 is 0. The number of fused-ring (bicyclic) bond motifs is 1. The number of primary sulfonamides is 1. The van der Waals surface area contributed by atoms with Crippen LogP contribution in [-0.2, 0) is 49.9 Å². The molecule has 0 aliphatic rings. The summed E-state index contributed by atoms with van der Waals surface area (Å²) in [7, 11) is -18.6. The normalized spacial score (nSPS) is 11.8. The first-order valence-electron chi connectivity index (χ1n) is 15.2. The number of hydrogen-bond donors (Lipinski definition) is 4. The van der Waals surface area contributed by atoms with Gasteiger partial charge in [-0.25, -0.2) is 38.8 Å². The Morgan fingerprint density at radius 1 is 0.810 bits per heavy atom. The predicted octanol–water partition coefficient (Wildman–Crippen LogP) is -3.00. The van der Waals surface area contributed by atoms with E-state index >= 15 is 0 Å². The number of sulfonamides is 2. The molecule has 0 atom stereocenters. The number of carbonyl (C=O) groups is 2. The van der Waals surface area contributed by atoms with Crippen LogP contribution in [0.5, 0.6) is 5.75 Å². The molecule has 0 fully saturated rings. The maximum absolute atomic E-state index is 12.6. The third-order valence-corrected chi connectivity index (χ3v) is 11.9. The largest absolute Gasteiger partial charge is 1.00 e. The van der Waals surface area contributed by atoms with E-state index in [0.29, 0.717) is 33.4 Å². The van der Waals surface area contributed by atoms with E-state index in [0.717, 1.165) is 44.2 Å². The molecule has 0 spiro atoms. The van der Waals surface area contributed by atoms with Crippen molar-refractivity contribution in [3.8, 4) is 5.75 Å². The minimum absolute atomic E-state index is 0. The molecule has 6 N–H and O–H groups in total. The monoisotopic (exact) mass is 897 g/mol. The number of benzene rings is 4. The molecule has 4 aromatic carbocycles. The van der Waals surface area contributed by atoms with Crippen LogP contribution >= 0.6 is 0 Å². The third-order valence-electron chi connectivity index (χ3n) is 7.45. The Balaban J connectivity index is 0.000000433. The Morgan fingerprint density at radius 3 is 1.78 bits per heavy atom. The van der Waals surface area contributed by atoms with E-state index in [9.17, 15) is 57.5 Å². The van der Waals surface area contributed by atoms with Gasteiger partial charge in [0.25, 0.3) is 15.9 Å². The van der Waals surface area contributed by atoms with Crippen molar-refractivity contribution in [3.05, 3.63) is 78.0 Å². The van der Waals surface area contributed by atoms with E-state index in [1.165, 1.54) is 24.3 Å². The molecule has 0 aliphatic carbocycles. The van der Waals surface area contributed by atoms with Crippen LogP contribution in [0.4, 0.5) is 28.6 Å². The molecule has 0 aliphatic heterocycles. The van der Waals surface area contributed by atoms with Gasteiger partial charge in [0.2, 0.25) is 21.8 Å². The molecule has 0 saturated carbocycles. The van der Waals surface area contributed by atoms with Crippen molar-refractivity contribution in [3.63, 3.8) is 0 Å². The van der Waals surface area contributed by atoms with Gasteiger partial charge in [0.15, 0.2) is 5.75 Å². The summed E-state index contributed by atoms with van der Waals surface area (Å²) in [6, 6.07) is 12.3. The number of aromatic nitrogens is 1. The Morgan fingerprint density at radius 2 is 1.33 bits per heavy atom. The Kier molecular flexibility index (Phi) is 16.5. The molecule has 0 saturated heterocycles. The van der Waals surface area contributed by atoms with Crippen LogP contribution in [0.25, 0.3) is 10.8 Å². The summed E-state index contributed by atoms with van der Waals surface area (Å²) in [6.07, 6.45) is 0. The van der Waals surface area contributed by atoms with Crippen LogP contribution in [0.1, 0.15) is 25.1 Å². The van der Waals surface area contributed by atoms with Crippen molar-refractivity contribution in [1.29, 1.82) is 0 Å². The summed E-state index contributed by atoms with van der Waals surface area (Å²) in [5.74, 6) is -2.47. The van der Waals surface area contributed by atoms with Crippen LogP contribution in [-0.4, -0.2) is 64.9 Å². The van der Waals surface area contributed by atoms with Crippen molar-refractivity contribution in [2.45, 2.75) is 47.3 Å². The molecule has 1 heterocycles. The Labute approximate surface area is 376 Å². The zero-order valence-electron chi connectivity index (χ0n) is 31.2. The van der Waals surface area contributed by atoms with Crippen LogP contribution in [0.15, 0.2) is 101 Å². The molecule has 0 radical (unpaired) electrons. The number of amides is 2. The third kappa shape index (κ3) is 11.7. The van der Waals surface area contributed by atoms with Gasteiger partial charge >= 0.3 is 59.1 Å². The van der Waals surface area contributed by atoms with Gasteiger partial charge in [0.05, 0.1) is 36.7 Å². The number of azo groups is 1. The summed E-state index contributed by atoms with van der Waals surface area (Å²) in [5, 5.41) is 28.1. The average molecular weight is 898 g/mol. The van der Waals surface area contributed by atoms with Crippen molar-refractivity contribution in [1.82, 2.24) is 5.16 Å². The van der Waals surface area contributed by atoms with Crippen molar-refractivity contribution in [2.75, 3.05) is 15.4 Å². The van der Waals surface area contributed by atoms with E-state index in [1.807, 2.05) is 0 Å². The molecule has 0 unspecified atom stereocenters. The topological polar surface area (TPSA) is 355 Å². The number of nitrogens with two attached hydrogens (primary N) is 2. The second-order valence-electron chi connectivity index (χ2n) is 11.5. The first-order chi connectivity index (χ1) is 25.7. The first kappa shape index (κ1) is 50.3. The minimum Gasteiger partial charge on any atom is -0.744 e. The maximum atomic E-state index is 12.6.